The number of rotatable bonds is 7. The van der Waals surface area contributed by atoms with Crippen LogP contribution in [0, 0.1) is 5.92 Å². The van der Waals surface area contributed by atoms with E-state index < -0.39 is 0 Å². The second kappa shape index (κ2) is 10.3. The number of ether oxygens (including phenoxy) is 1. The van der Waals surface area contributed by atoms with E-state index >= 15 is 0 Å². The number of anilines is 1. The van der Waals surface area contributed by atoms with Crippen LogP contribution in [0.4, 0.5) is 5.69 Å². The van der Waals surface area contributed by atoms with Crippen molar-refractivity contribution < 1.29 is 14.3 Å². The van der Waals surface area contributed by atoms with Crippen LogP contribution in [0.2, 0.25) is 0 Å². The Morgan fingerprint density at radius 1 is 1.03 bits per heavy atom. The van der Waals surface area contributed by atoms with Gasteiger partial charge in [0, 0.05) is 18.7 Å². The summed E-state index contributed by atoms with van der Waals surface area (Å²) in [6.45, 7) is 4.82. The van der Waals surface area contributed by atoms with Crippen molar-refractivity contribution in [1.82, 2.24) is 5.32 Å². The first-order valence-electron chi connectivity index (χ1n) is 10.9. The number of carbonyl (C=O) groups is 2. The maximum atomic E-state index is 13.0. The van der Waals surface area contributed by atoms with Gasteiger partial charge in [-0.1, -0.05) is 45.2 Å². The summed E-state index contributed by atoms with van der Waals surface area (Å²) in [5, 5.41) is 3.15. The minimum absolute atomic E-state index is 0.116. The van der Waals surface area contributed by atoms with Gasteiger partial charge in [0.25, 0.3) is 11.8 Å². The maximum absolute atomic E-state index is 13.0. The van der Waals surface area contributed by atoms with Crippen LogP contribution in [0.5, 0.6) is 5.75 Å². The predicted octanol–water partition coefficient (Wildman–Crippen LogP) is 5.06. The lowest BCUT2D eigenvalue weighted by Crippen LogP contribution is -2.37. The molecule has 0 saturated heterocycles. The Labute approximate surface area is 179 Å². The first kappa shape index (κ1) is 21.9. The summed E-state index contributed by atoms with van der Waals surface area (Å²) in [5.41, 5.74) is 1.68. The van der Waals surface area contributed by atoms with Crippen LogP contribution in [-0.2, 0) is 0 Å². The Morgan fingerprint density at radius 3 is 2.37 bits per heavy atom. The van der Waals surface area contributed by atoms with Crippen molar-refractivity contribution in [3.8, 4) is 5.75 Å². The molecule has 5 heteroatoms. The molecular formula is C25H32N2O3. The third-order valence-electron chi connectivity index (χ3n) is 5.44. The number of amides is 2. The average Bonchev–Trinajstić information content (AvgIpc) is 2.77. The fourth-order valence-electron chi connectivity index (χ4n) is 3.73. The standard InChI is InChI=1S/C25H32N2O3/c1-18(2)17-30-21-15-13-19(14-16-21)25(29)27(3)23-12-8-7-11-22(23)24(28)26-20-9-5-4-6-10-20/h7-8,11-16,18,20H,4-6,9-10,17H2,1-3H3,(H,26,28). The van der Waals surface area contributed by atoms with E-state index in [-0.39, 0.29) is 17.9 Å². The zero-order chi connectivity index (χ0) is 21.5. The molecule has 1 fully saturated rings. The van der Waals surface area contributed by atoms with E-state index in [0.29, 0.717) is 29.3 Å². The molecule has 160 valence electrons. The molecule has 0 atom stereocenters. The Hall–Kier alpha value is -2.82. The molecule has 0 radical (unpaired) electrons. The molecule has 5 nitrogen and oxygen atoms in total. The fourth-order valence-corrected chi connectivity index (χ4v) is 3.73. The summed E-state index contributed by atoms with van der Waals surface area (Å²) in [7, 11) is 1.71. The molecule has 1 aliphatic carbocycles. The van der Waals surface area contributed by atoms with E-state index in [0.717, 1.165) is 31.4 Å². The van der Waals surface area contributed by atoms with Crippen LogP contribution in [0.15, 0.2) is 48.5 Å². The van der Waals surface area contributed by atoms with Crippen LogP contribution in [0.1, 0.15) is 66.7 Å². The number of carbonyl (C=O) groups excluding carboxylic acids is 2. The molecule has 1 aliphatic rings. The quantitative estimate of drug-likeness (QED) is 0.697. The number of para-hydroxylation sites is 1. The van der Waals surface area contributed by atoms with Gasteiger partial charge in [0.2, 0.25) is 0 Å². The molecule has 0 unspecified atom stereocenters. The van der Waals surface area contributed by atoms with E-state index in [1.54, 1.807) is 30.1 Å². The number of nitrogens with zero attached hydrogens (tertiary/aromatic N) is 1. The minimum Gasteiger partial charge on any atom is -0.493 e. The van der Waals surface area contributed by atoms with Crippen molar-refractivity contribution in [2.24, 2.45) is 5.92 Å². The molecule has 0 heterocycles. The third-order valence-corrected chi connectivity index (χ3v) is 5.44. The molecule has 1 N–H and O–H groups in total. The summed E-state index contributed by atoms with van der Waals surface area (Å²) in [6.07, 6.45) is 5.59. The van der Waals surface area contributed by atoms with Gasteiger partial charge in [0.15, 0.2) is 0 Å². The van der Waals surface area contributed by atoms with Gasteiger partial charge in [0.1, 0.15) is 5.75 Å². The molecule has 0 spiro atoms. The van der Waals surface area contributed by atoms with Gasteiger partial charge < -0.3 is 15.0 Å². The molecule has 0 bridgehead atoms. The van der Waals surface area contributed by atoms with E-state index in [1.807, 2.05) is 30.3 Å². The molecule has 1 saturated carbocycles. The normalized spacial score (nSPS) is 14.4. The lowest BCUT2D eigenvalue weighted by Gasteiger charge is -2.25. The first-order valence-corrected chi connectivity index (χ1v) is 10.9. The van der Waals surface area contributed by atoms with Gasteiger partial charge in [-0.25, -0.2) is 0 Å². The highest BCUT2D eigenvalue weighted by Crippen LogP contribution is 2.24. The monoisotopic (exact) mass is 408 g/mol. The summed E-state index contributed by atoms with van der Waals surface area (Å²) in [4.78, 5) is 27.5. The van der Waals surface area contributed by atoms with Crippen LogP contribution in [0.25, 0.3) is 0 Å². The van der Waals surface area contributed by atoms with E-state index in [9.17, 15) is 9.59 Å². The maximum Gasteiger partial charge on any atom is 0.258 e. The van der Waals surface area contributed by atoms with Crippen LogP contribution in [-0.4, -0.2) is 31.5 Å². The minimum atomic E-state index is -0.164. The molecular weight excluding hydrogens is 376 g/mol. The number of nitrogens with one attached hydrogen (secondary N) is 1. The molecule has 2 aromatic rings. The lowest BCUT2D eigenvalue weighted by molar-refractivity contribution is 0.0928. The molecule has 2 amide bonds. The van der Waals surface area contributed by atoms with Gasteiger partial charge >= 0.3 is 0 Å². The third kappa shape index (κ3) is 5.62. The van der Waals surface area contributed by atoms with Gasteiger partial charge in [-0.3, -0.25) is 9.59 Å². The van der Waals surface area contributed by atoms with Crippen LogP contribution in [0.3, 0.4) is 0 Å². The molecule has 0 aliphatic heterocycles. The summed E-state index contributed by atoms with van der Waals surface area (Å²) in [5.74, 6) is 0.904. The van der Waals surface area contributed by atoms with Crippen LogP contribution < -0.4 is 15.0 Å². The number of hydrogen-bond donors (Lipinski definition) is 1. The zero-order valence-electron chi connectivity index (χ0n) is 18.2. The van der Waals surface area contributed by atoms with Crippen molar-refractivity contribution in [3.05, 3.63) is 59.7 Å². The van der Waals surface area contributed by atoms with Gasteiger partial charge in [-0.05, 0) is 55.2 Å². The zero-order valence-corrected chi connectivity index (χ0v) is 18.2. The lowest BCUT2D eigenvalue weighted by atomic mass is 9.95. The average molecular weight is 409 g/mol. The largest absolute Gasteiger partial charge is 0.493 e. The van der Waals surface area contributed by atoms with Crippen LogP contribution >= 0.6 is 0 Å². The Bertz CT molecular complexity index is 855. The SMILES string of the molecule is CC(C)COc1ccc(C(=O)N(C)c2ccccc2C(=O)NC2CCCCC2)cc1. The van der Waals surface area contributed by atoms with E-state index in [1.165, 1.54) is 6.42 Å². The van der Waals surface area contributed by atoms with Crippen molar-refractivity contribution in [2.45, 2.75) is 52.0 Å². The number of hydrogen-bond acceptors (Lipinski definition) is 3. The second-order valence-corrected chi connectivity index (χ2v) is 8.42. The van der Waals surface area contributed by atoms with E-state index in [4.69, 9.17) is 4.74 Å². The van der Waals surface area contributed by atoms with E-state index in [2.05, 4.69) is 19.2 Å². The highest BCUT2D eigenvalue weighted by atomic mass is 16.5. The summed E-state index contributed by atoms with van der Waals surface area (Å²) in [6, 6.07) is 14.6. The molecule has 0 aromatic heterocycles. The van der Waals surface area contributed by atoms with Gasteiger partial charge in [0.05, 0.1) is 17.9 Å². The predicted molar refractivity (Wildman–Crippen MR) is 120 cm³/mol. The van der Waals surface area contributed by atoms with Crippen molar-refractivity contribution in [2.75, 3.05) is 18.6 Å². The van der Waals surface area contributed by atoms with Crippen molar-refractivity contribution in [3.63, 3.8) is 0 Å². The van der Waals surface area contributed by atoms with Gasteiger partial charge in [-0.15, -0.1) is 0 Å². The Morgan fingerprint density at radius 2 is 1.70 bits per heavy atom. The topological polar surface area (TPSA) is 58.6 Å². The Kier molecular flexibility index (Phi) is 7.50. The van der Waals surface area contributed by atoms with Crippen molar-refractivity contribution >= 4 is 17.5 Å². The Balaban J connectivity index is 1.72. The van der Waals surface area contributed by atoms with Crippen molar-refractivity contribution in [1.29, 1.82) is 0 Å². The highest BCUT2D eigenvalue weighted by molar-refractivity contribution is 6.10. The fraction of sp³-hybridized carbons (Fsp3) is 0.440. The smallest absolute Gasteiger partial charge is 0.258 e. The molecule has 3 rings (SSSR count). The van der Waals surface area contributed by atoms with Gasteiger partial charge in [-0.2, -0.15) is 0 Å². The first-order chi connectivity index (χ1) is 14.5. The summed E-state index contributed by atoms with van der Waals surface area (Å²) < 4.78 is 5.69. The highest BCUT2D eigenvalue weighted by Gasteiger charge is 2.22. The second-order valence-electron chi connectivity index (χ2n) is 8.42. The number of benzene rings is 2. The molecule has 2 aromatic carbocycles. The summed E-state index contributed by atoms with van der Waals surface area (Å²) >= 11 is 0. The molecule has 30 heavy (non-hydrogen) atoms.